The van der Waals surface area contributed by atoms with Gasteiger partial charge in [-0.2, -0.15) is 0 Å². The van der Waals surface area contributed by atoms with Crippen LogP contribution < -0.4 is 5.32 Å². The molecule has 0 aliphatic carbocycles. The Morgan fingerprint density at radius 3 is 2.40 bits per heavy atom. The van der Waals surface area contributed by atoms with Crippen LogP contribution in [0.2, 0.25) is 0 Å². The molecule has 10 heavy (non-hydrogen) atoms. The quantitative estimate of drug-likeness (QED) is 0.455. The van der Waals surface area contributed by atoms with E-state index in [0.717, 1.165) is 6.42 Å². The van der Waals surface area contributed by atoms with Crippen molar-refractivity contribution in [3.05, 3.63) is 11.8 Å². The van der Waals surface area contributed by atoms with Gasteiger partial charge in [0.1, 0.15) is 14.1 Å². The van der Waals surface area contributed by atoms with Gasteiger partial charge in [0, 0.05) is 18.8 Å². The smallest absolute Gasteiger partial charge is 0.167 e. The van der Waals surface area contributed by atoms with E-state index in [1.54, 1.807) is 0 Å². The van der Waals surface area contributed by atoms with Crippen LogP contribution in [0.4, 0.5) is 0 Å². The van der Waals surface area contributed by atoms with Crippen molar-refractivity contribution >= 4 is 6.21 Å². The van der Waals surface area contributed by atoms with Crippen LogP contribution in [0.25, 0.3) is 0 Å². The molecule has 0 fully saturated rings. The lowest BCUT2D eigenvalue weighted by Gasteiger charge is -1.93. The van der Waals surface area contributed by atoms with Crippen LogP contribution in [-0.2, 0) is 0 Å². The van der Waals surface area contributed by atoms with Crippen LogP contribution in [0, 0.1) is 0 Å². The fourth-order valence-corrected chi connectivity index (χ4v) is 0.748. The Kier molecular flexibility index (Phi) is 4.63. The molecule has 0 heterocycles. The number of hydrogen-bond donors (Lipinski definition) is 1. The molecule has 0 bridgehead atoms. The highest BCUT2D eigenvalue weighted by atomic mass is 14.9. The van der Waals surface area contributed by atoms with E-state index in [9.17, 15) is 0 Å². The summed E-state index contributed by atoms with van der Waals surface area (Å²) in [5.41, 5.74) is 1.31. The van der Waals surface area contributed by atoms with E-state index in [-0.39, 0.29) is 0 Å². The van der Waals surface area contributed by atoms with Crippen molar-refractivity contribution in [3.8, 4) is 0 Å². The maximum atomic E-state index is 3.00. The zero-order chi connectivity index (χ0) is 7.98. The highest BCUT2D eigenvalue weighted by Crippen LogP contribution is 1.92. The maximum Gasteiger partial charge on any atom is 0.167 e. The molecular weight excluding hydrogens is 124 g/mol. The Balaban J connectivity index is 4.09. The van der Waals surface area contributed by atoms with Crippen molar-refractivity contribution in [2.24, 2.45) is 0 Å². The second kappa shape index (κ2) is 5.03. The Morgan fingerprint density at radius 1 is 1.50 bits per heavy atom. The van der Waals surface area contributed by atoms with Gasteiger partial charge in [-0.25, -0.2) is 4.58 Å². The van der Waals surface area contributed by atoms with Crippen molar-refractivity contribution in [1.29, 1.82) is 0 Å². The Morgan fingerprint density at radius 2 is 2.10 bits per heavy atom. The van der Waals surface area contributed by atoms with Gasteiger partial charge in [-0.1, -0.05) is 6.92 Å². The number of nitrogens with one attached hydrogen (secondary N) is 1. The lowest BCUT2D eigenvalue weighted by atomic mass is 10.2. The molecule has 0 radical (unpaired) electrons. The second-order valence-electron chi connectivity index (χ2n) is 2.45. The second-order valence-corrected chi connectivity index (χ2v) is 2.45. The Bertz CT molecular complexity index is 141. The Labute approximate surface area is 63.3 Å². The van der Waals surface area contributed by atoms with Crippen LogP contribution in [0.1, 0.15) is 13.3 Å². The van der Waals surface area contributed by atoms with Gasteiger partial charge in [0.25, 0.3) is 0 Å². The molecule has 0 unspecified atom stereocenters. The molecule has 0 amide bonds. The standard InChI is InChI=1S/C8H16N2/c1-5-8(6-9-2)7-10(3)4/h6-7H,5H2,1-4H3/p+1. The third-order valence-corrected chi connectivity index (χ3v) is 1.16. The molecule has 0 spiro atoms. The van der Waals surface area contributed by atoms with Crippen LogP contribution >= 0.6 is 0 Å². The van der Waals surface area contributed by atoms with E-state index in [4.69, 9.17) is 0 Å². The van der Waals surface area contributed by atoms with E-state index < -0.39 is 0 Å². The molecule has 0 atom stereocenters. The maximum absolute atomic E-state index is 3.00. The monoisotopic (exact) mass is 141 g/mol. The minimum absolute atomic E-state index is 1.07. The van der Waals surface area contributed by atoms with Crippen LogP contribution in [0.15, 0.2) is 11.8 Å². The Hall–Kier alpha value is -0.790. The van der Waals surface area contributed by atoms with Gasteiger partial charge >= 0.3 is 0 Å². The predicted octanol–water partition coefficient (Wildman–Crippen LogP) is 0.843. The van der Waals surface area contributed by atoms with E-state index in [0.29, 0.717) is 0 Å². The molecule has 58 valence electrons. The summed E-state index contributed by atoms with van der Waals surface area (Å²) in [5.74, 6) is 0. The van der Waals surface area contributed by atoms with Gasteiger partial charge < -0.3 is 5.32 Å². The fourth-order valence-electron chi connectivity index (χ4n) is 0.748. The van der Waals surface area contributed by atoms with Crippen molar-refractivity contribution in [2.75, 3.05) is 21.1 Å². The zero-order valence-electron chi connectivity index (χ0n) is 7.31. The molecule has 0 aliphatic heterocycles. The van der Waals surface area contributed by atoms with Crippen LogP contribution in [0.3, 0.4) is 0 Å². The van der Waals surface area contributed by atoms with Crippen LogP contribution in [-0.4, -0.2) is 31.9 Å². The fraction of sp³-hybridized carbons (Fsp3) is 0.625. The summed E-state index contributed by atoms with van der Waals surface area (Å²) in [6.45, 7) is 2.14. The molecule has 1 N–H and O–H groups in total. The minimum Gasteiger partial charge on any atom is -0.394 e. The van der Waals surface area contributed by atoms with Gasteiger partial charge in [0.2, 0.25) is 0 Å². The van der Waals surface area contributed by atoms with Gasteiger partial charge in [0.05, 0.1) is 0 Å². The largest absolute Gasteiger partial charge is 0.394 e. The molecule has 0 saturated heterocycles. The summed E-state index contributed by atoms with van der Waals surface area (Å²) >= 11 is 0. The summed E-state index contributed by atoms with van der Waals surface area (Å²) in [7, 11) is 5.97. The number of nitrogens with zero attached hydrogens (tertiary/aromatic N) is 1. The number of rotatable bonds is 3. The summed E-state index contributed by atoms with van der Waals surface area (Å²) in [6.07, 6.45) is 5.19. The molecule has 0 aromatic carbocycles. The van der Waals surface area contributed by atoms with E-state index in [2.05, 4.69) is 18.5 Å². The van der Waals surface area contributed by atoms with Gasteiger partial charge in [0.15, 0.2) is 6.21 Å². The van der Waals surface area contributed by atoms with Gasteiger partial charge in [-0.15, -0.1) is 0 Å². The topological polar surface area (TPSA) is 15.0 Å². The average molecular weight is 141 g/mol. The van der Waals surface area contributed by atoms with E-state index >= 15 is 0 Å². The first-order valence-electron chi connectivity index (χ1n) is 3.58. The molecule has 0 aromatic heterocycles. The highest BCUT2D eigenvalue weighted by Gasteiger charge is 1.91. The first kappa shape index (κ1) is 9.21. The molecule has 0 aliphatic rings. The minimum atomic E-state index is 1.07. The van der Waals surface area contributed by atoms with Crippen molar-refractivity contribution in [2.45, 2.75) is 13.3 Å². The molecule has 2 heteroatoms. The first-order valence-corrected chi connectivity index (χ1v) is 3.58. The lowest BCUT2D eigenvalue weighted by Crippen LogP contribution is -2.04. The van der Waals surface area contributed by atoms with Crippen LogP contribution in [0.5, 0.6) is 0 Å². The third-order valence-electron chi connectivity index (χ3n) is 1.16. The van der Waals surface area contributed by atoms with Crippen molar-refractivity contribution in [1.82, 2.24) is 5.32 Å². The lowest BCUT2D eigenvalue weighted by molar-refractivity contribution is -0.459. The molecule has 0 aromatic rings. The zero-order valence-corrected chi connectivity index (χ0v) is 7.31. The summed E-state index contributed by atoms with van der Waals surface area (Å²) < 4.78 is 2.05. The van der Waals surface area contributed by atoms with E-state index in [1.165, 1.54) is 5.57 Å². The molecule has 0 rings (SSSR count). The normalized spacial score (nSPS) is 11.0. The SMILES string of the molecule is CC/C(C=[N+](C)C)=C\NC. The first-order chi connectivity index (χ1) is 4.70. The van der Waals surface area contributed by atoms with Crippen molar-refractivity contribution < 1.29 is 4.58 Å². The average Bonchev–Trinajstić information content (AvgIpc) is 1.86. The molecule has 0 saturated carbocycles. The number of allylic oxidation sites excluding steroid dienone is 1. The summed E-state index contributed by atoms with van der Waals surface area (Å²) in [5, 5.41) is 3.00. The predicted molar refractivity (Wildman–Crippen MR) is 45.6 cm³/mol. The summed E-state index contributed by atoms with van der Waals surface area (Å²) in [6, 6.07) is 0. The van der Waals surface area contributed by atoms with Crippen molar-refractivity contribution in [3.63, 3.8) is 0 Å². The molecule has 2 nitrogen and oxygen atoms in total. The third kappa shape index (κ3) is 4.13. The highest BCUT2D eigenvalue weighted by molar-refractivity contribution is 5.73. The van der Waals surface area contributed by atoms with E-state index in [1.807, 2.05) is 31.9 Å². The number of hydrogen-bond acceptors (Lipinski definition) is 1. The van der Waals surface area contributed by atoms with Gasteiger partial charge in [-0.3, -0.25) is 0 Å². The molecular formula is C8H17N2+. The van der Waals surface area contributed by atoms with Gasteiger partial charge in [-0.05, 0) is 6.42 Å². The summed E-state index contributed by atoms with van der Waals surface area (Å²) in [4.78, 5) is 0.